The molecule has 0 unspecified atom stereocenters. The topological polar surface area (TPSA) is 81.6 Å². The number of carbonyl (C=O) groups is 1. The smallest absolute Gasteiger partial charge is 0.238 e. The molecule has 6 heteroatoms. The summed E-state index contributed by atoms with van der Waals surface area (Å²) < 4.78 is 0.991. The van der Waals surface area contributed by atoms with Crippen molar-refractivity contribution in [2.24, 2.45) is 0 Å². The number of nitrogens with one attached hydrogen (secondary N) is 2. The molecule has 0 atom stereocenters. The van der Waals surface area contributed by atoms with E-state index >= 15 is 0 Å². The van der Waals surface area contributed by atoms with Crippen molar-refractivity contribution in [1.29, 1.82) is 5.26 Å². The van der Waals surface area contributed by atoms with Crippen molar-refractivity contribution in [3.05, 3.63) is 46.9 Å². The first kappa shape index (κ1) is 14.3. The molecule has 0 radical (unpaired) electrons. The van der Waals surface area contributed by atoms with Gasteiger partial charge in [-0.05, 0) is 42.5 Å². The van der Waals surface area contributed by atoms with Crippen molar-refractivity contribution >= 4 is 38.6 Å². The number of anilines is 1. The predicted molar refractivity (Wildman–Crippen MR) is 88.1 cm³/mol. The van der Waals surface area contributed by atoms with Crippen molar-refractivity contribution in [3.63, 3.8) is 0 Å². The lowest BCUT2D eigenvalue weighted by molar-refractivity contribution is -0.115. The number of nitrogens with zero attached hydrogens (tertiary/aromatic N) is 2. The van der Waals surface area contributed by atoms with Crippen LogP contribution in [0.1, 0.15) is 6.42 Å². The van der Waals surface area contributed by atoms with Crippen LogP contribution in [0.15, 0.2) is 46.9 Å². The Morgan fingerprint density at radius 1 is 1.27 bits per heavy atom. The molecule has 5 nitrogen and oxygen atoms in total. The minimum atomic E-state index is -0.316. The van der Waals surface area contributed by atoms with E-state index in [1.165, 1.54) is 0 Å². The van der Waals surface area contributed by atoms with Gasteiger partial charge in [-0.1, -0.05) is 15.9 Å². The average molecular weight is 355 g/mol. The molecule has 3 aromatic rings. The van der Waals surface area contributed by atoms with E-state index in [-0.39, 0.29) is 12.3 Å². The number of halogens is 1. The van der Waals surface area contributed by atoms with Gasteiger partial charge in [0.25, 0.3) is 0 Å². The average Bonchev–Trinajstić information content (AvgIpc) is 2.91. The van der Waals surface area contributed by atoms with Crippen molar-refractivity contribution in [2.75, 3.05) is 5.32 Å². The minimum absolute atomic E-state index is 0.153. The van der Waals surface area contributed by atoms with Gasteiger partial charge in [0, 0.05) is 15.7 Å². The van der Waals surface area contributed by atoms with Crippen LogP contribution in [-0.2, 0) is 4.79 Å². The Morgan fingerprint density at radius 3 is 2.77 bits per heavy atom. The molecular formula is C16H11BrN4O. The van der Waals surface area contributed by atoms with Gasteiger partial charge in [-0.25, -0.2) is 4.98 Å². The Labute approximate surface area is 135 Å². The Balaban J connectivity index is 1.85. The van der Waals surface area contributed by atoms with Gasteiger partial charge in [-0.15, -0.1) is 0 Å². The second-order valence-electron chi connectivity index (χ2n) is 4.71. The zero-order valence-electron chi connectivity index (χ0n) is 11.4. The number of aromatic nitrogens is 2. The van der Waals surface area contributed by atoms with E-state index in [9.17, 15) is 4.79 Å². The van der Waals surface area contributed by atoms with E-state index in [1.807, 2.05) is 36.4 Å². The highest BCUT2D eigenvalue weighted by Gasteiger charge is 2.06. The molecule has 0 fully saturated rings. The van der Waals surface area contributed by atoms with Crippen LogP contribution in [-0.4, -0.2) is 15.9 Å². The van der Waals surface area contributed by atoms with Gasteiger partial charge in [0.2, 0.25) is 5.91 Å². The summed E-state index contributed by atoms with van der Waals surface area (Å²) in [5.41, 5.74) is 3.42. The molecule has 1 amide bonds. The molecule has 0 saturated carbocycles. The third-order valence-electron chi connectivity index (χ3n) is 3.13. The first-order valence-corrected chi connectivity index (χ1v) is 7.37. The Morgan fingerprint density at radius 2 is 2.05 bits per heavy atom. The number of nitriles is 1. The molecule has 3 rings (SSSR count). The Hall–Kier alpha value is -2.65. The molecule has 0 aliphatic carbocycles. The lowest BCUT2D eigenvalue weighted by Crippen LogP contribution is -2.09. The quantitative estimate of drug-likeness (QED) is 0.749. The van der Waals surface area contributed by atoms with E-state index in [2.05, 4.69) is 31.2 Å². The lowest BCUT2D eigenvalue weighted by atomic mass is 10.2. The van der Waals surface area contributed by atoms with Crippen molar-refractivity contribution < 1.29 is 4.79 Å². The molecule has 0 saturated heterocycles. The summed E-state index contributed by atoms with van der Waals surface area (Å²) in [5, 5.41) is 11.1. The van der Waals surface area contributed by atoms with E-state index in [0.29, 0.717) is 5.69 Å². The van der Waals surface area contributed by atoms with Crippen molar-refractivity contribution in [3.8, 4) is 17.5 Å². The Bertz CT molecular complexity index is 877. The number of hydrogen-bond donors (Lipinski definition) is 2. The van der Waals surface area contributed by atoms with Crippen LogP contribution in [0.25, 0.3) is 22.4 Å². The van der Waals surface area contributed by atoms with Crippen molar-refractivity contribution in [2.45, 2.75) is 6.42 Å². The normalized spacial score (nSPS) is 10.4. The number of aromatic amines is 1. The fourth-order valence-electron chi connectivity index (χ4n) is 2.11. The number of amides is 1. The molecule has 22 heavy (non-hydrogen) atoms. The van der Waals surface area contributed by atoms with Gasteiger partial charge in [0.05, 0.1) is 17.1 Å². The zero-order chi connectivity index (χ0) is 15.5. The third kappa shape index (κ3) is 3.00. The van der Waals surface area contributed by atoms with Gasteiger partial charge in [0.1, 0.15) is 12.2 Å². The monoisotopic (exact) mass is 354 g/mol. The maximum absolute atomic E-state index is 11.4. The summed E-state index contributed by atoms with van der Waals surface area (Å²) in [6.07, 6.45) is -0.153. The maximum Gasteiger partial charge on any atom is 0.238 e. The van der Waals surface area contributed by atoms with E-state index in [4.69, 9.17) is 5.26 Å². The SMILES string of the molecule is N#CCC(=O)Nc1ccc(-c2nc3ccc(Br)cc3[nH]2)cc1. The van der Waals surface area contributed by atoms with Crippen molar-refractivity contribution in [1.82, 2.24) is 9.97 Å². The number of H-pyrrole nitrogens is 1. The highest BCUT2D eigenvalue weighted by Crippen LogP contribution is 2.24. The van der Waals surface area contributed by atoms with Crippen LogP contribution in [0.2, 0.25) is 0 Å². The highest BCUT2D eigenvalue weighted by atomic mass is 79.9. The summed E-state index contributed by atoms with van der Waals surface area (Å²) >= 11 is 3.43. The largest absolute Gasteiger partial charge is 0.338 e. The van der Waals surface area contributed by atoms with Gasteiger partial charge in [0.15, 0.2) is 0 Å². The van der Waals surface area contributed by atoms with Gasteiger partial charge < -0.3 is 10.3 Å². The molecule has 108 valence electrons. The summed E-state index contributed by atoms with van der Waals surface area (Å²) in [5.74, 6) is 0.451. The molecule has 2 aromatic carbocycles. The second-order valence-corrected chi connectivity index (χ2v) is 5.62. The second kappa shape index (κ2) is 6.00. The van der Waals surface area contributed by atoms with Gasteiger partial charge in [-0.2, -0.15) is 5.26 Å². The zero-order valence-corrected chi connectivity index (χ0v) is 13.0. The highest BCUT2D eigenvalue weighted by molar-refractivity contribution is 9.10. The number of rotatable bonds is 3. The number of benzene rings is 2. The third-order valence-corrected chi connectivity index (χ3v) is 3.62. The molecule has 0 bridgehead atoms. The lowest BCUT2D eigenvalue weighted by Gasteiger charge is -2.03. The van der Waals surface area contributed by atoms with E-state index in [1.54, 1.807) is 12.1 Å². The van der Waals surface area contributed by atoms with Crippen LogP contribution < -0.4 is 5.32 Å². The van der Waals surface area contributed by atoms with Crippen LogP contribution in [0.3, 0.4) is 0 Å². The molecule has 1 aromatic heterocycles. The molecule has 0 aliphatic heterocycles. The fourth-order valence-corrected chi connectivity index (χ4v) is 2.47. The number of hydrogen-bond acceptors (Lipinski definition) is 3. The van der Waals surface area contributed by atoms with Crippen LogP contribution in [0, 0.1) is 11.3 Å². The number of fused-ring (bicyclic) bond motifs is 1. The number of imidazole rings is 1. The van der Waals surface area contributed by atoms with E-state index in [0.717, 1.165) is 26.9 Å². The maximum atomic E-state index is 11.4. The minimum Gasteiger partial charge on any atom is -0.338 e. The predicted octanol–water partition coefficient (Wildman–Crippen LogP) is 3.84. The van der Waals surface area contributed by atoms with Crippen LogP contribution in [0.5, 0.6) is 0 Å². The molecular weight excluding hydrogens is 344 g/mol. The van der Waals surface area contributed by atoms with Gasteiger partial charge in [-0.3, -0.25) is 4.79 Å². The molecule has 2 N–H and O–H groups in total. The summed E-state index contributed by atoms with van der Waals surface area (Å²) in [6, 6.07) is 15.0. The standard InChI is InChI=1S/C16H11BrN4O/c17-11-3-6-13-14(9-11)21-16(20-13)10-1-4-12(5-2-10)19-15(22)7-8-18/h1-6,9H,7H2,(H,19,22)(H,20,21). The van der Waals surface area contributed by atoms with E-state index < -0.39 is 0 Å². The first-order valence-electron chi connectivity index (χ1n) is 6.58. The fraction of sp³-hybridized carbons (Fsp3) is 0.0625. The summed E-state index contributed by atoms with van der Waals surface area (Å²) in [4.78, 5) is 19.2. The molecule has 1 heterocycles. The molecule has 0 spiro atoms. The van der Waals surface area contributed by atoms with Crippen LogP contribution in [0.4, 0.5) is 5.69 Å². The van der Waals surface area contributed by atoms with Crippen LogP contribution >= 0.6 is 15.9 Å². The number of carbonyl (C=O) groups excluding carboxylic acids is 1. The van der Waals surface area contributed by atoms with Gasteiger partial charge >= 0.3 is 0 Å². The Kier molecular flexibility index (Phi) is 3.90. The summed E-state index contributed by atoms with van der Waals surface area (Å²) in [7, 11) is 0. The first-order chi connectivity index (χ1) is 10.7. The molecule has 0 aliphatic rings. The summed E-state index contributed by atoms with van der Waals surface area (Å²) in [6.45, 7) is 0.